The van der Waals surface area contributed by atoms with Crippen LogP contribution in [0.25, 0.3) is 0 Å². The highest BCUT2D eigenvalue weighted by molar-refractivity contribution is 6.34. The van der Waals surface area contributed by atoms with Gasteiger partial charge < -0.3 is 14.8 Å². The van der Waals surface area contributed by atoms with Crippen molar-refractivity contribution in [3.8, 4) is 5.75 Å². The first kappa shape index (κ1) is 17.4. The highest BCUT2D eigenvalue weighted by atomic mass is 35.5. The third-order valence-corrected chi connectivity index (χ3v) is 3.96. The van der Waals surface area contributed by atoms with E-state index in [-0.39, 0.29) is 0 Å². The monoisotopic (exact) mass is 353 g/mol. The molecular weight excluding hydrogens is 337 g/mol. The molecule has 0 heterocycles. The number of halogens is 2. The van der Waals surface area contributed by atoms with Crippen LogP contribution in [0.5, 0.6) is 5.75 Å². The van der Waals surface area contributed by atoms with Crippen molar-refractivity contribution >= 4 is 34.9 Å². The van der Waals surface area contributed by atoms with Crippen LogP contribution >= 0.6 is 23.2 Å². The number of carbonyl (C=O) groups excluding carboxylic acids is 1. The summed E-state index contributed by atoms with van der Waals surface area (Å²) in [6, 6.07) is 10.5. The van der Waals surface area contributed by atoms with Gasteiger partial charge in [0.25, 0.3) is 0 Å². The minimum absolute atomic E-state index is 0.391. The van der Waals surface area contributed by atoms with Gasteiger partial charge in [0.15, 0.2) is 0 Å². The predicted octanol–water partition coefficient (Wildman–Crippen LogP) is 4.58. The van der Waals surface area contributed by atoms with Crippen molar-refractivity contribution in [1.29, 1.82) is 0 Å². The Hall–Kier alpha value is -1.91. The first-order valence-corrected chi connectivity index (χ1v) is 7.78. The van der Waals surface area contributed by atoms with Crippen LogP contribution in [0.1, 0.15) is 15.9 Å². The van der Waals surface area contributed by atoms with Crippen LogP contribution in [0, 0.1) is 6.92 Å². The van der Waals surface area contributed by atoms with Crippen molar-refractivity contribution in [3.63, 3.8) is 0 Å². The second-order valence-electron chi connectivity index (χ2n) is 4.84. The molecule has 0 aliphatic heterocycles. The molecule has 23 heavy (non-hydrogen) atoms. The standard InChI is InChI=1S/C17H17Cl2NO3/c1-11-10-12(6-7-14(11)18)23-9-8-20-16-13(17(21)22-2)4-3-5-15(16)19/h3-7,10,20H,8-9H2,1-2H3. The number of hydrogen-bond donors (Lipinski definition) is 1. The molecule has 2 aromatic carbocycles. The van der Waals surface area contributed by atoms with Gasteiger partial charge >= 0.3 is 5.97 Å². The molecule has 0 aliphatic rings. The number of carbonyl (C=O) groups is 1. The summed E-state index contributed by atoms with van der Waals surface area (Å²) in [6.45, 7) is 2.81. The lowest BCUT2D eigenvalue weighted by atomic mass is 10.2. The first-order chi connectivity index (χ1) is 11.0. The van der Waals surface area contributed by atoms with E-state index in [0.717, 1.165) is 11.3 Å². The molecule has 0 bridgehead atoms. The molecule has 0 saturated carbocycles. The van der Waals surface area contributed by atoms with Gasteiger partial charge in [0.2, 0.25) is 0 Å². The van der Waals surface area contributed by atoms with Gasteiger partial charge in [-0.15, -0.1) is 0 Å². The zero-order valence-corrected chi connectivity index (χ0v) is 14.4. The van der Waals surface area contributed by atoms with E-state index in [4.69, 9.17) is 32.7 Å². The van der Waals surface area contributed by atoms with Crippen molar-refractivity contribution in [1.82, 2.24) is 0 Å². The molecule has 0 aromatic heterocycles. The van der Waals surface area contributed by atoms with Gasteiger partial charge in [0.1, 0.15) is 12.4 Å². The van der Waals surface area contributed by atoms with E-state index >= 15 is 0 Å². The van der Waals surface area contributed by atoms with Gasteiger partial charge in [-0.25, -0.2) is 4.79 Å². The summed E-state index contributed by atoms with van der Waals surface area (Å²) < 4.78 is 10.4. The molecule has 4 nitrogen and oxygen atoms in total. The highest BCUT2D eigenvalue weighted by Gasteiger charge is 2.14. The Morgan fingerprint density at radius 1 is 1.17 bits per heavy atom. The van der Waals surface area contributed by atoms with Crippen LogP contribution in [0.3, 0.4) is 0 Å². The normalized spacial score (nSPS) is 10.3. The summed E-state index contributed by atoms with van der Waals surface area (Å²) >= 11 is 12.1. The molecule has 0 radical (unpaired) electrons. The van der Waals surface area contributed by atoms with Crippen molar-refractivity contribution in [2.45, 2.75) is 6.92 Å². The Labute approximate surface area is 145 Å². The van der Waals surface area contributed by atoms with Crippen molar-refractivity contribution in [2.75, 3.05) is 25.6 Å². The topological polar surface area (TPSA) is 47.6 Å². The lowest BCUT2D eigenvalue weighted by Gasteiger charge is -2.13. The summed E-state index contributed by atoms with van der Waals surface area (Å²) in [7, 11) is 1.33. The Morgan fingerprint density at radius 2 is 1.96 bits per heavy atom. The maximum atomic E-state index is 11.7. The fraction of sp³-hybridized carbons (Fsp3) is 0.235. The number of para-hydroxylation sites is 1. The van der Waals surface area contributed by atoms with Gasteiger partial charge in [-0.2, -0.15) is 0 Å². The van der Waals surface area contributed by atoms with Crippen molar-refractivity contribution < 1.29 is 14.3 Å². The van der Waals surface area contributed by atoms with E-state index in [1.165, 1.54) is 7.11 Å². The number of rotatable bonds is 6. The van der Waals surface area contributed by atoms with Crippen LogP contribution in [-0.2, 0) is 4.74 Å². The van der Waals surface area contributed by atoms with Gasteiger partial charge in [0, 0.05) is 11.6 Å². The zero-order chi connectivity index (χ0) is 16.8. The summed E-state index contributed by atoms with van der Waals surface area (Å²) in [5, 5.41) is 4.27. The highest BCUT2D eigenvalue weighted by Crippen LogP contribution is 2.26. The zero-order valence-electron chi connectivity index (χ0n) is 12.9. The van der Waals surface area contributed by atoms with Crippen molar-refractivity contribution in [3.05, 3.63) is 57.6 Å². The predicted molar refractivity (Wildman–Crippen MR) is 93.0 cm³/mol. The molecule has 2 rings (SSSR count). The van der Waals surface area contributed by atoms with Crippen molar-refractivity contribution in [2.24, 2.45) is 0 Å². The first-order valence-electron chi connectivity index (χ1n) is 7.02. The number of esters is 1. The summed E-state index contributed by atoms with van der Waals surface area (Å²) in [5.74, 6) is 0.297. The van der Waals surface area contributed by atoms with E-state index in [1.807, 2.05) is 19.1 Å². The second kappa shape index (κ2) is 8.09. The van der Waals surface area contributed by atoms with Crippen LogP contribution in [0.4, 0.5) is 5.69 Å². The van der Waals surface area contributed by atoms with E-state index in [1.54, 1.807) is 24.3 Å². The van der Waals surface area contributed by atoms with E-state index < -0.39 is 5.97 Å². The molecule has 0 saturated heterocycles. The molecule has 0 amide bonds. The number of methoxy groups -OCH3 is 1. The lowest BCUT2D eigenvalue weighted by Crippen LogP contribution is -2.15. The number of aryl methyl sites for hydroxylation is 1. The number of benzene rings is 2. The van der Waals surface area contributed by atoms with E-state index in [9.17, 15) is 4.79 Å². The third kappa shape index (κ3) is 4.53. The molecule has 0 unspecified atom stereocenters. The smallest absolute Gasteiger partial charge is 0.340 e. The average Bonchev–Trinajstić information content (AvgIpc) is 2.55. The van der Waals surface area contributed by atoms with Crippen LogP contribution in [0.2, 0.25) is 10.0 Å². The molecule has 1 N–H and O–H groups in total. The molecule has 0 aliphatic carbocycles. The van der Waals surface area contributed by atoms with Crippen LogP contribution in [0.15, 0.2) is 36.4 Å². The van der Waals surface area contributed by atoms with E-state index in [0.29, 0.717) is 34.4 Å². The SMILES string of the molecule is COC(=O)c1cccc(Cl)c1NCCOc1ccc(Cl)c(C)c1. The molecule has 2 aromatic rings. The Kier molecular flexibility index (Phi) is 6.13. The maximum Gasteiger partial charge on any atom is 0.340 e. The second-order valence-corrected chi connectivity index (χ2v) is 5.65. The van der Waals surface area contributed by atoms with Crippen LogP contribution < -0.4 is 10.1 Å². The van der Waals surface area contributed by atoms with E-state index in [2.05, 4.69) is 5.32 Å². The number of hydrogen-bond acceptors (Lipinski definition) is 4. The molecule has 122 valence electrons. The number of nitrogens with one attached hydrogen (secondary N) is 1. The largest absolute Gasteiger partial charge is 0.492 e. The van der Waals surface area contributed by atoms with Crippen LogP contribution in [-0.4, -0.2) is 26.2 Å². The summed E-state index contributed by atoms with van der Waals surface area (Å²) in [6.07, 6.45) is 0. The molecule has 0 fully saturated rings. The fourth-order valence-electron chi connectivity index (χ4n) is 2.04. The Bertz CT molecular complexity index is 704. The quantitative estimate of drug-likeness (QED) is 0.609. The number of anilines is 1. The summed E-state index contributed by atoms with van der Waals surface area (Å²) in [4.78, 5) is 11.7. The fourth-order valence-corrected chi connectivity index (χ4v) is 2.39. The molecule has 6 heteroatoms. The molecular formula is C17H17Cl2NO3. The molecule has 0 atom stereocenters. The summed E-state index contributed by atoms with van der Waals surface area (Å²) in [5.41, 5.74) is 1.88. The minimum Gasteiger partial charge on any atom is -0.492 e. The average molecular weight is 354 g/mol. The Morgan fingerprint density at radius 3 is 2.65 bits per heavy atom. The third-order valence-electron chi connectivity index (χ3n) is 3.22. The van der Waals surface area contributed by atoms with Gasteiger partial charge in [0.05, 0.1) is 23.4 Å². The maximum absolute atomic E-state index is 11.7. The minimum atomic E-state index is -0.441. The van der Waals surface area contributed by atoms with Gasteiger partial charge in [-0.3, -0.25) is 0 Å². The Balaban J connectivity index is 1.96. The van der Waals surface area contributed by atoms with Gasteiger partial charge in [-0.1, -0.05) is 29.3 Å². The molecule has 0 spiro atoms. The number of ether oxygens (including phenoxy) is 2. The lowest BCUT2D eigenvalue weighted by molar-refractivity contribution is 0.0602. The van der Waals surface area contributed by atoms with Gasteiger partial charge in [-0.05, 0) is 42.8 Å².